The normalized spacial score (nSPS) is 39.9. The summed E-state index contributed by atoms with van der Waals surface area (Å²) in [6.45, 7) is 2.19. The van der Waals surface area contributed by atoms with E-state index >= 15 is 0 Å². The molecule has 4 bridgehead atoms. The van der Waals surface area contributed by atoms with Crippen LogP contribution in [0.4, 0.5) is 0 Å². The molecule has 1 N–H and O–H groups in total. The van der Waals surface area contributed by atoms with Crippen molar-refractivity contribution >= 4 is 0 Å². The topological polar surface area (TPSA) is 41.6 Å². The summed E-state index contributed by atoms with van der Waals surface area (Å²) < 4.78 is 0. The van der Waals surface area contributed by atoms with Crippen molar-refractivity contribution in [3.63, 3.8) is 0 Å². The molecule has 19 heavy (non-hydrogen) atoms. The lowest BCUT2D eigenvalue weighted by Crippen LogP contribution is -2.47. The fourth-order valence-corrected chi connectivity index (χ4v) is 5.61. The quantitative estimate of drug-likeness (QED) is 0.899. The minimum atomic E-state index is 0.581. The molecule has 4 aliphatic rings. The molecule has 0 aliphatic heterocycles. The maximum atomic E-state index is 4.71. The predicted molar refractivity (Wildman–Crippen MR) is 74.7 cm³/mol. The molecule has 0 spiro atoms. The van der Waals surface area contributed by atoms with E-state index in [4.69, 9.17) is 4.98 Å². The summed E-state index contributed by atoms with van der Waals surface area (Å²) in [5, 5.41) is 7.57. The lowest BCUT2D eigenvalue weighted by Gasteiger charge is -2.56. The van der Waals surface area contributed by atoms with Crippen LogP contribution in [0.15, 0.2) is 0 Å². The highest BCUT2D eigenvalue weighted by Gasteiger charge is 2.50. The van der Waals surface area contributed by atoms with E-state index in [1.807, 2.05) is 0 Å². The van der Waals surface area contributed by atoms with E-state index < -0.39 is 0 Å². The van der Waals surface area contributed by atoms with Crippen LogP contribution >= 0.6 is 0 Å². The number of H-pyrrole nitrogens is 1. The van der Waals surface area contributed by atoms with Crippen LogP contribution in [0.5, 0.6) is 0 Å². The number of aromatic nitrogens is 3. The van der Waals surface area contributed by atoms with E-state index in [2.05, 4.69) is 17.1 Å². The van der Waals surface area contributed by atoms with E-state index in [-0.39, 0.29) is 0 Å². The summed E-state index contributed by atoms with van der Waals surface area (Å²) in [6, 6.07) is 0. The van der Waals surface area contributed by atoms with E-state index in [0.29, 0.717) is 5.41 Å². The first-order valence-corrected chi connectivity index (χ1v) is 8.15. The molecule has 1 heterocycles. The summed E-state index contributed by atoms with van der Waals surface area (Å²) >= 11 is 0. The average molecular weight is 259 g/mol. The number of hydrogen-bond donors (Lipinski definition) is 1. The second-order valence-corrected chi connectivity index (χ2v) is 7.54. The fourth-order valence-electron chi connectivity index (χ4n) is 5.61. The molecule has 0 atom stereocenters. The van der Waals surface area contributed by atoms with Crippen molar-refractivity contribution in [3.8, 4) is 0 Å². The van der Waals surface area contributed by atoms with Crippen molar-refractivity contribution < 1.29 is 0 Å². The first-order valence-electron chi connectivity index (χ1n) is 8.15. The minimum Gasteiger partial charge on any atom is -0.263 e. The third-order valence-corrected chi connectivity index (χ3v) is 5.76. The number of aryl methyl sites for hydroxylation is 1. The Kier molecular flexibility index (Phi) is 2.71. The van der Waals surface area contributed by atoms with Crippen molar-refractivity contribution in [2.45, 2.75) is 64.7 Å². The Morgan fingerprint density at radius 2 is 1.74 bits per heavy atom. The lowest BCUT2D eigenvalue weighted by atomic mass is 9.49. The second-order valence-electron chi connectivity index (χ2n) is 7.54. The van der Waals surface area contributed by atoms with Gasteiger partial charge in [0.2, 0.25) is 0 Å². The molecule has 1 aromatic rings. The van der Waals surface area contributed by atoms with Gasteiger partial charge < -0.3 is 0 Å². The maximum absolute atomic E-state index is 4.71. The molecule has 5 rings (SSSR count). The SMILES string of the molecule is CCCc1n[nH]c(CC23CC4CC(CC(C4)C2)C3)n1. The van der Waals surface area contributed by atoms with Crippen molar-refractivity contribution in [2.24, 2.45) is 23.2 Å². The molecular weight excluding hydrogens is 234 g/mol. The van der Waals surface area contributed by atoms with Gasteiger partial charge in [0.15, 0.2) is 5.82 Å². The van der Waals surface area contributed by atoms with Crippen LogP contribution in [0.1, 0.15) is 63.5 Å². The molecule has 4 aliphatic carbocycles. The number of aromatic amines is 1. The summed E-state index contributed by atoms with van der Waals surface area (Å²) in [4.78, 5) is 4.71. The molecule has 4 saturated carbocycles. The van der Waals surface area contributed by atoms with Gasteiger partial charge in [-0.1, -0.05) is 6.92 Å². The van der Waals surface area contributed by atoms with E-state index in [9.17, 15) is 0 Å². The van der Waals surface area contributed by atoms with Gasteiger partial charge in [-0.15, -0.1) is 0 Å². The Morgan fingerprint density at radius 1 is 1.11 bits per heavy atom. The summed E-state index contributed by atoms with van der Waals surface area (Å²) in [7, 11) is 0. The van der Waals surface area contributed by atoms with Gasteiger partial charge in [0, 0.05) is 12.8 Å². The lowest BCUT2D eigenvalue weighted by molar-refractivity contribution is -0.0531. The Morgan fingerprint density at radius 3 is 2.32 bits per heavy atom. The molecule has 0 unspecified atom stereocenters. The highest BCUT2D eigenvalue weighted by atomic mass is 15.2. The van der Waals surface area contributed by atoms with Crippen LogP contribution in [-0.2, 0) is 12.8 Å². The summed E-state index contributed by atoms with van der Waals surface area (Å²) in [5.41, 5.74) is 0.581. The Labute approximate surface area is 115 Å². The fraction of sp³-hybridized carbons (Fsp3) is 0.875. The minimum absolute atomic E-state index is 0.581. The van der Waals surface area contributed by atoms with E-state index in [0.717, 1.165) is 48.7 Å². The zero-order valence-electron chi connectivity index (χ0n) is 12.0. The van der Waals surface area contributed by atoms with Gasteiger partial charge in [-0.25, -0.2) is 4.98 Å². The van der Waals surface area contributed by atoms with Crippen LogP contribution in [0.3, 0.4) is 0 Å². The average Bonchev–Trinajstić information content (AvgIpc) is 2.74. The highest BCUT2D eigenvalue weighted by Crippen LogP contribution is 2.60. The van der Waals surface area contributed by atoms with Gasteiger partial charge in [-0.05, 0) is 68.1 Å². The van der Waals surface area contributed by atoms with Crippen LogP contribution in [-0.4, -0.2) is 15.2 Å². The van der Waals surface area contributed by atoms with Crippen LogP contribution in [0, 0.1) is 23.2 Å². The predicted octanol–water partition coefficient (Wildman–Crippen LogP) is 3.52. The molecule has 104 valence electrons. The first kappa shape index (κ1) is 11.9. The van der Waals surface area contributed by atoms with Crippen LogP contribution in [0.25, 0.3) is 0 Å². The van der Waals surface area contributed by atoms with Gasteiger partial charge in [-0.2, -0.15) is 5.10 Å². The number of nitrogens with zero attached hydrogens (tertiary/aromatic N) is 2. The molecular formula is C16H25N3. The molecule has 0 amide bonds. The van der Waals surface area contributed by atoms with Crippen molar-refractivity contribution in [2.75, 3.05) is 0 Å². The van der Waals surface area contributed by atoms with Crippen molar-refractivity contribution in [3.05, 3.63) is 11.6 Å². The van der Waals surface area contributed by atoms with E-state index in [1.54, 1.807) is 0 Å². The third kappa shape index (κ3) is 2.11. The summed E-state index contributed by atoms with van der Waals surface area (Å²) in [6.07, 6.45) is 12.3. The summed E-state index contributed by atoms with van der Waals surface area (Å²) in [5.74, 6) is 5.27. The highest BCUT2D eigenvalue weighted by molar-refractivity contribution is 5.06. The zero-order chi connectivity index (χ0) is 12.9. The monoisotopic (exact) mass is 259 g/mol. The first-order chi connectivity index (χ1) is 9.25. The molecule has 4 fully saturated rings. The maximum Gasteiger partial charge on any atom is 0.150 e. The molecule has 3 nitrogen and oxygen atoms in total. The number of nitrogens with one attached hydrogen (secondary N) is 1. The van der Waals surface area contributed by atoms with E-state index in [1.165, 1.54) is 38.5 Å². The number of hydrogen-bond acceptors (Lipinski definition) is 2. The molecule has 1 aromatic heterocycles. The molecule has 0 radical (unpaired) electrons. The Bertz CT molecular complexity index is 427. The standard InChI is InChI=1S/C16H25N3/c1-2-3-14-17-15(19-18-14)10-16-7-11-4-12(8-16)6-13(5-11)9-16/h11-13H,2-10H2,1H3,(H,17,18,19). The van der Waals surface area contributed by atoms with Gasteiger partial charge in [0.25, 0.3) is 0 Å². The smallest absolute Gasteiger partial charge is 0.150 e. The molecule has 0 aromatic carbocycles. The van der Waals surface area contributed by atoms with Crippen molar-refractivity contribution in [1.82, 2.24) is 15.2 Å². The van der Waals surface area contributed by atoms with Gasteiger partial charge >= 0.3 is 0 Å². The zero-order valence-corrected chi connectivity index (χ0v) is 12.0. The van der Waals surface area contributed by atoms with Crippen molar-refractivity contribution in [1.29, 1.82) is 0 Å². The second kappa shape index (κ2) is 4.32. The Hall–Kier alpha value is -0.860. The van der Waals surface area contributed by atoms with Crippen LogP contribution < -0.4 is 0 Å². The van der Waals surface area contributed by atoms with Gasteiger partial charge in [0.05, 0.1) is 0 Å². The largest absolute Gasteiger partial charge is 0.263 e. The third-order valence-electron chi connectivity index (χ3n) is 5.76. The van der Waals surface area contributed by atoms with Gasteiger partial charge in [0.1, 0.15) is 5.82 Å². The molecule has 0 saturated heterocycles. The van der Waals surface area contributed by atoms with Gasteiger partial charge in [-0.3, -0.25) is 5.10 Å². The van der Waals surface area contributed by atoms with Crippen LogP contribution in [0.2, 0.25) is 0 Å². The number of rotatable bonds is 4. The molecule has 3 heteroatoms. The Balaban J connectivity index is 1.52.